The van der Waals surface area contributed by atoms with E-state index in [1.165, 1.54) is 18.2 Å². The third kappa shape index (κ3) is 5.29. The van der Waals surface area contributed by atoms with Crippen LogP contribution in [0, 0.1) is 11.6 Å². The molecule has 0 bridgehead atoms. The van der Waals surface area contributed by atoms with Crippen molar-refractivity contribution in [3.8, 4) is 5.75 Å². The first-order valence-corrected chi connectivity index (χ1v) is 9.39. The van der Waals surface area contributed by atoms with Crippen molar-refractivity contribution < 1.29 is 22.7 Å². The zero-order valence-corrected chi connectivity index (χ0v) is 15.7. The van der Waals surface area contributed by atoms with Gasteiger partial charge >= 0.3 is 0 Å². The molecule has 1 aromatic heterocycles. The molecule has 1 N–H and O–H groups in total. The average molecular weight is 405 g/mol. The number of hydrogen-bond donors (Lipinski definition) is 1. The Morgan fingerprint density at radius 1 is 1.14 bits per heavy atom. The average Bonchev–Trinajstić information content (AvgIpc) is 3.17. The first-order chi connectivity index (χ1) is 13.5. The maximum atomic E-state index is 13.6. The van der Waals surface area contributed by atoms with Gasteiger partial charge in [-0.05, 0) is 25.1 Å². The first kappa shape index (κ1) is 19.8. The summed E-state index contributed by atoms with van der Waals surface area (Å²) in [5.41, 5.74) is 0.403. The van der Waals surface area contributed by atoms with Crippen molar-refractivity contribution in [1.29, 1.82) is 0 Å². The molecule has 0 spiro atoms. The van der Waals surface area contributed by atoms with E-state index in [9.17, 15) is 13.6 Å². The van der Waals surface area contributed by atoms with Crippen LogP contribution in [0.1, 0.15) is 24.5 Å². The number of halogens is 2. The third-order valence-electron chi connectivity index (χ3n) is 3.67. The molecule has 9 heteroatoms. The van der Waals surface area contributed by atoms with Gasteiger partial charge in [-0.3, -0.25) is 4.79 Å². The van der Waals surface area contributed by atoms with Crippen LogP contribution in [0.5, 0.6) is 5.75 Å². The monoisotopic (exact) mass is 405 g/mol. The molecular formula is C19H17F2N3O3S. The van der Waals surface area contributed by atoms with Crippen LogP contribution in [0.4, 0.5) is 8.78 Å². The minimum absolute atomic E-state index is 0.0264. The van der Waals surface area contributed by atoms with E-state index in [2.05, 4.69) is 15.5 Å². The summed E-state index contributed by atoms with van der Waals surface area (Å²) < 4.78 is 38.1. The Kier molecular flexibility index (Phi) is 6.59. The van der Waals surface area contributed by atoms with E-state index < -0.39 is 11.9 Å². The topological polar surface area (TPSA) is 77.2 Å². The maximum absolute atomic E-state index is 13.6. The molecule has 3 aromatic rings. The Bertz CT molecular complexity index is 951. The van der Waals surface area contributed by atoms with Crippen molar-refractivity contribution in [3.05, 3.63) is 71.6 Å². The zero-order valence-electron chi connectivity index (χ0n) is 14.9. The molecule has 6 nitrogen and oxygen atoms in total. The molecule has 0 aliphatic rings. The van der Waals surface area contributed by atoms with Crippen molar-refractivity contribution in [2.45, 2.75) is 24.8 Å². The minimum Gasteiger partial charge on any atom is -0.478 e. The van der Waals surface area contributed by atoms with E-state index in [1.807, 2.05) is 0 Å². The predicted molar refractivity (Wildman–Crippen MR) is 98.7 cm³/mol. The second kappa shape index (κ2) is 9.32. The molecule has 2 aromatic carbocycles. The third-order valence-corrected chi connectivity index (χ3v) is 4.49. The van der Waals surface area contributed by atoms with Crippen molar-refractivity contribution in [2.75, 3.05) is 5.75 Å². The fraction of sp³-hybridized carbons (Fsp3) is 0.211. The molecule has 0 aliphatic heterocycles. The molecule has 0 saturated carbocycles. The number of nitrogens with zero attached hydrogens (tertiary/aromatic N) is 2. The number of carbonyl (C=O) groups excluding carboxylic acids is 1. The molecule has 1 heterocycles. The van der Waals surface area contributed by atoms with E-state index in [0.29, 0.717) is 5.56 Å². The number of nitrogens with one attached hydrogen (secondary N) is 1. The lowest BCUT2D eigenvalue weighted by Gasteiger charge is -2.11. The SMILES string of the molecule is CC(Oc1ccccc1F)c1nnc(SCC(=O)NCc2ccccc2F)o1. The Balaban J connectivity index is 1.48. The van der Waals surface area contributed by atoms with E-state index >= 15 is 0 Å². The van der Waals surface area contributed by atoms with Crippen molar-refractivity contribution >= 4 is 17.7 Å². The molecule has 1 unspecified atom stereocenters. The van der Waals surface area contributed by atoms with Gasteiger partial charge in [0.05, 0.1) is 5.75 Å². The number of aromatic nitrogens is 2. The molecule has 28 heavy (non-hydrogen) atoms. The summed E-state index contributed by atoms with van der Waals surface area (Å²) in [6, 6.07) is 12.2. The Morgan fingerprint density at radius 2 is 1.86 bits per heavy atom. The van der Waals surface area contributed by atoms with E-state index in [1.54, 1.807) is 37.3 Å². The number of carbonyl (C=O) groups is 1. The van der Waals surface area contributed by atoms with Gasteiger partial charge in [-0.2, -0.15) is 0 Å². The van der Waals surface area contributed by atoms with Gasteiger partial charge in [0.25, 0.3) is 11.1 Å². The Labute approximate surface area is 164 Å². The smallest absolute Gasteiger partial charge is 0.277 e. The van der Waals surface area contributed by atoms with E-state index in [0.717, 1.165) is 11.8 Å². The summed E-state index contributed by atoms with van der Waals surface area (Å²) in [5.74, 6) is -0.898. The lowest BCUT2D eigenvalue weighted by Crippen LogP contribution is -2.25. The lowest BCUT2D eigenvalue weighted by molar-refractivity contribution is -0.118. The summed E-state index contributed by atoms with van der Waals surface area (Å²) >= 11 is 1.04. The minimum atomic E-state index is -0.659. The van der Waals surface area contributed by atoms with Crippen LogP contribution >= 0.6 is 11.8 Å². The van der Waals surface area contributed by atoms with Crippen LogP contribution in [0.15, 0.2) is 58.2 Å². The molecule has 0 fully saturated rings. The number of hydrogen-bond acceptors (Lipinski definition) is 6. The second-order valence-corrected chi connectivity index (χ2v) is 6.68. The fourth-order valence-corrected chi connectivity index (χ4v) is 2.84. The second-order valence-electron chi connectivity index (χ2n) is 5.75. The highest BCUT2D eigenvalue weighted by Gasteiger charge is 2.18. The maximum Gasteiger partial charge on any atom is 0.277 e. The summed E-state index contributed by atoms with van der Waals surface area (Å²) in [7, 11) is 0. The molecule has 146 valence electrons. The molecule has 0 aliphatic carbocycles. The summed E-state index contributed by atoms with van der Waals surface area (Å²) in [6.07, 6.45) is -0.659. The van der Waals surface area contributed by atoms with Gasteiger partial charge in [-0.1, -0.05) is 42.1 Å². The first-order valence-electron chi connectivity index (χ1n) is 8.40. The van der Waals surface area contributed by atoms with E-state index in [4.69, 9.17) is 9.15 Å². The molecule has 1 amide bonds. The molecule has 0 radical (unpaired) electrons. The van der Waals surface area contributed by atoms with Crippen LogP contribution in [-0.2, 0) is 11.3 Å². The number of rotatable bonds is 8. The highest BCUT2D eigenvalue weighted by atomic mass is 32.2. The number of para-hydroxylation sites is 1. The normalized spacial score (nSPS) is 11.8. The van der Waals surface area contributed by atoms with Gasteiger partial charge in [-0.15, -0.1) is 10.2 Å². The van der Waals surface area contributed by atoms with Crippen molar-refractivity contribution in [1.82, 2.24) is 15.5 Å². The lowest BCUT2D eigenvalue weighted by atomic mass is 10.2. The van der Waals surface area contributed by atoms with Crippen LogP contribution < -0.4 is 10.1 Å². The quantitative estimate of drug-likeness (QED) is 0.573. The number of ether oxygens (including phenoxy) is 1. The van der Waals surface area contributed by atoms with E-state index in [-0.39, 0.29) is 40.9 Å². The van der Waals surface area contributed by atoms with Gasteiger partial charge in [-0.25, -0.2) is 8.78 Å². The highest BCUT2D eigenvalue weighted by molar-refractivity contribution is 7.99. The van der Waals surface area contributed by atoms with Crippen LogP contribution in [0.2, 0.25) is 0 Å². The molecule has 0 saturated heterocycles. The van der Waals surface area contributed by atoms with Crippen molar-refractivity contribution in [3.63, 3.8) is 0 Å². The summed E-state index contributed by atoms with van der Waals surface area (Å²) in [6.45, 7) is 1.74. The van der Waals surface area contributed by atoms with Crippen LogP contribution in [0.25, 0.3) is 0 Å². The number of benzene rings is 2. The van der Waals surface area contributed by atoms with Crippen LogP contribution in [-0.4, -0.2) is 21.9 Å². The molecule has 1 atom stereocenters. The largest absolute Gasteiger partial charge is 0.478 e. The van der Waals surface area contributed by atoms with Gasteiger partial charge in [0.2, 0.25) is 5.91 Å². The predicted octanol–water partition coefficient (Wildman–Crippen LogP) is 3.90. The van der Waals surface area contributed by atoms with Gasteiger partial charge < -0.3 is 14.5 Å². The van der Waals surface area contributed by atoms with Gasteiger partial charge in [0, 0.05) is 12.1 Å². The Hall–Kier alpha value is -2.94. The highest BCUT2D eigenvalue weighted by Crippen LogP contribution is 2.25. The van der Waals surface area contributed by atoms with Gasteiger partial charge in [0.1, 0.15) is 5.82 Å². The molecule has 3 rings (SSSR count). The Morgan fingerprint density at radius 3 is 2.61 bits per heavy atom. The summed E-state index contributed by atoms with van der Waals surface area (Å²) in [4.78, 5) is 11.9. The van der Waals surface area contributed by atoms with Crippen LogP contribution in [0.3, 0.4) is 0 Å². The molecular weight excluding hydrogens is 388 g/mol. The van der Waals surface area contributed by atoms with Crippen molar-refractivity contribution in [2.24, 2.45) is 0 Å². The zero-order chi connectivity index (χ0) is 19.9. The summed E-state index contributed by atoms with van der Waals surface area (Å²) in [5, 5.41) is 10.5. The number of thioether (sulfide) groups is 1. The van der Waals surface area contributed by atoms with Gasteiger partial charge in [0.15, 0.2) is 17.7 Å². The number of amides is 1. The fourth-order valence-electron chi connectivity index (χ4n) is 2.24. The standard InChI is InChI=1S/C19H17F2N3O3S/c1-12(26-16-9-5-4-8-15(16)21)18-23-24-19(27-18)28-11-17(25)22-10-13-6-2-3-7-14(13)20/h2-9,12H,10-11H2,1H3,(H,22,25).